The van der Waals surface area contributed by atoms with Gasteiger partial charge in [0.25, 0.3) is 0 Å². The zero-order valence-electron chi connectivity index (χ0n) is 14.8. The van der Waals surface area contributed by atoms with Crippen LogP contribution in [-0.4, -0.2) is 36.7 Å². The summed E-state index contributed by atoms with van der Waals surface area (Å²) < 4.78 is 16.8. The average molecular weight is 350 g/mol. The lowest BCUT2D eigenvalue weighted by molar-refractivity contribution is -0.0332. The molecular weight excluding hydrogens is 328 g/mol. The van der Waals surface area contributed by atoms with E-state index in [0.29, 0.717) is 5.89 Å². The Labute approximate surface area is 153 Å². The molecule has 0 saturated carbocycles. The van der Waals surface area contributed by atoms with Crippen molar-refractivity contribution in [2.45, 2.75) is 12.6 Å². The van der Waals surface area contributed by atoms with E-state index in [0.717, 1.165) is 43.2 Å². The molecular formula is C21H22N2O3. The second-order valence-corrected chi connectivity index (χ2v) is 6.38. The van der Waals surface area contributed by atoms with Crippen LogP contribution in [0.25, 0.3) is 11.5 Å². The Balaban J connectivity index is 1.42. The van der Waals surface area contributed by atoms with E-state index in [-0.39, 0.29) is 6.10 Å². The summed E-state index contributed by atoms with van der Waals surface area (Å²) in [7, 11) is 1.66. The number of hydrogen-bond donors (Lipinski definition) is 0. The van der Waals surface area contributed by atoms with Crippen LogP contribution in [0, 0.1) is 0 Å². The second kappa shape index (κ2) is 7.72. The van der Waals surface area contributed by atoms with E-state index in [4.69, 9.17) is 13.9 Å². The summed E-state index contributed by atoms with van der Waals surface area (Å²) >= 11 is 0. The van der Waals surface area contributed by atoms with E-state index in [1.807, 2.05) is 30.3 Å². The Morgan fingerprint density at radius 1 is 1.12 bits per heavy atom. The number of oxazole rings is 1. The lowest BCUT2D eigenvalue weighted by atomic mass is 10.1. The first kappa shape index (κ1) is 16.8. The topological polar surface area (TPSA) is 47.7 Å². The largest absolute Gasteiger partial charge is 0.497 e. The number of nitrogens with zero attached hydrogens (tertiary/aromatic N) is 2. The molecule has 0 amide bonds. The lowest BCUT2D eigenvalue weighted by Crippen LogP contribution is -2.37. The molecule has 4 rings (SSSR count). The van der Waals surface area contributed by atoms with E-state index in [9.17, 15) is 0 Å². The van der Waals surface area contributed by atoms with Gasteiger partial charge in [0, 0.05) is 25.2 Å². The standard InChI is InChI=1S/C21H22N2O3/c1-24-19-9-7-17(8-10-19)21-22-18(15-26-21)13-23-11-12-25-20(14-23)16-5-3-2-4-6-16/h2-10,15,20H,11-14H2,1H3. The first-order chi connectivity index (χ1) is 12.8. The molecule has 2 aromatic carbocycles. The molecule has 26 heavy (non-hydrogen) atoms. The summed E-state index contributed by atoms with van der Waals surface area (Å²) in [6.45, 7) is 3.23. The van der Waals surface area contributed by atoms with E-state index < -0.39 is 0 Å². The van der Waals surface area contributed by atoms with E-state index >= 15 is 0 Å². The molecule has 0 N–H and O–H groups in total. The van der Waals surface area contributed by atoms with Crippen LogP contribution in [0.15, 0.2) is 65.3 Å². The highest BCUT2D eigenvalue weighted by atomic mass is 16.5. The molecule has 0 radical (unpaired) electrons. The van der Waals surface area contributed by atoms with Crippen molar-refractivity contribution < 1.29 is 13.9 Å². The van der Waals surface area contributed by atoms with Crippen molar-refractivity contribution >= 4 is 0 Å². The minimum Gasteiger partial charge on any atom is -0.497 e. The first-order valence-corrected chi connectivity index (χ1v) is 8.79. The third-order valence-electron chi connectivity index (χ3n) is 4.60. The molecule has 5 nitrogen and oxygen atoms in total. The second-order valence-electron chi connectivity index (χ2n) is 6.38. The van der Waals surface area contributed by atoms with Crippen LogP contribution in [0.2, 0.25) is 0 Å². The van der Waals surface area contributed by atoms with E-state index in [2.05, 4.69) is 34.1 Å². The fourth-order valence-electron chi connectivity index (χ4n) is 3.19. The molecule has 1 unspecified atom stereocenters. The average Bonchev–Trinajstić information content (AvgIpc) is 3.17. The summed E-state index contributed by atoms with van der Waals surface area (Å²) in [6, 6.07) is 18.1. The smallest absolute Gasteiger partial charge is 0.226 e. The number of rotatable bonds is 5. The number of methoxy groups -OCH3 is 1. The minimum absolute atomic E-state index is 0.109. The number of hydrogen-bond acceptors (Lipinski definition) is 5. The van der Waals surface area contributed by atoms with Crippen LogP contribution in [0.1, 0.15) is 17.4 Å². The molecule has 0 spiro atoms. The van der Waals surface area contributed by atoms with Gasteiger partial charge in [0.15, 0.2) is 0 Å². The summed E-state index contributed by atoms with van der Waals surface area (Å²) in [4.78, 5) is 7.00. The predicted molar refractivity (Wildman–Crippen MR) is 98.9 cm³/mol. The van der Waals surface area contributed by atoms with Gasteiger partial charge in [-0.15, -0.1) is 0 Å². The molecule has 5 heteroatoms. The van der Waals surface area contributed by atoms with Gasteiger partial charge < -0.3 is 13.9 Å². The van der Waals surface area contributed by atoms with Crippen LogP contribution < -0.4 is 4.74 Å². The van der Waals surface area contributed by atoms with Gasteiger partial charge in [-0.2, -0.15) is 0 Å². The molecule has 1 atom stereocenters. The highest BCUT2D eigenvalue weighted by Gasteiger charge is 2.22. The maximum Gasteiger partial charge on any atom is 0.226 e. The highest BCUT2D eigenvalue weighted by molar-refractivity contribution is 5.54. The Kier molecular flexibility index (Phi) is 5.00. The number of benzene rings is 2. The van der Waals surface area contributed by atoms with Crippen molar-refractivity contribution in [1.29, 1.82) is 0 Å². The van der Waals surface area contributed by atoms with Gasteiger partial charge in [0.1, 0.15) is 12.0 Å². The van der Waals surface area contributed by atoms with Gasteiger partial charge in [0.2, 0.25) is 5.89 Å². The minimum atomic E-state index is 0.109. The number of ether oxygens (including phenoxy) is 2. The summed E-state index contributed by atoms with van der Waals surface area (Å²) in [5, 5.41) is 0. The zero-order chi connectivity index (χ0) is 17.8. The van der Waals surface area contributed by atoms with Gasteiger partial charge in [-0.1, -0.05) is 30.3 Å². The Bertz CT molecular complexity index is 830. The lowest BCUT2D eigenvalue weighted by Gasteiger charge is -2.32. The Morgan fingerprint density at radius 3 is 2.69 bits per heavy atom. The fraction of sp³-hybridized carbons (Fsp3) is 0.286. The van der Waals surface area contributed by atoms with Crippen molar-refractivity contribution in [3.63, 3.8) is 0 Å². The van der Waals surface area contributed by atoms with Crippen molar-refractivity contribution in [2.24, 2.45) is 0 Å². The molecule has 1 aromatic heterocycles. The molecule has 1 fully saturated rings. The van der Waals surface area contributed by atoms with Gasteiger partial charge in [-0.25, -0.2) is 4.98 Å². The SMILES string of the molecule is COc1ccc(-c2nc(CN3CCOC(c4ccccc4)C3)co2)cc1. The zero-order valence-corrected chi connectivity index (χ0v) is 14.8. The van der Waals surface area contributed by atoms with Crippen LogP contribution in [-0.2, 0) is 11.3 Å². The number of aromatic nitrogens is 1. The Morgan fingerprint density at radius 2 is 1.92 bits per heavy atom. The molecule has 0 bridgehead atoms. The normalized spacial score (nSPS) is 18.0. The van der Waals surface area contributed by atoms with Crippen LogP contribution in [0.3, 0.4) is 0 Å². The van der Waals surface area contributed by atoms with E-state index in [1.54, 1.807) is 13.4 Å². The summed E-state index contributed by atoms with van der Waals surface area (Å²) in [5.74, 6) is 1.45. The quantitative estimate of drug-likeness (QED) is 0.698. The van der Waals surface area contributed by atoms with Crippen LogP contribution >= 0.6 is 0 Å². The summed E-state index contributed by atoms with van der Waals surface area (Å²) in [6.07, 6.45) is 1.85. The van der Waals surface area contributed by atoms with E-state index in [1.165, 1.54) is 5.56 Å². The van der Waals surface area contributed by atoms with Crippen molar-refractivity contribution in [1.82, 2.24) is 9.88 Å². The molecule has 1 aliphatic rings. The van der Waals surface area contributed by atoms with Crippen LogP contribution in [0.5, 0.6) is 5.75 Å². The molecule has 3 aromatic rings. The first-order valence-electron chi connectivity index (χ1n) is 8.79. The summed E-state index contributed by atoms with van der Waals surface area (Å²) in [5.41, 5.74) is 3.10. The molecule has 1 aliphatic heterocycles. The van der Waals surface area contributed by atoms with Gasteiger partial charge in [0.05, 0.1) is 25.5 Å². The van der Waals surface area contributed by atoms with Crippen molar-refractivity contribution in [3.05, 3.63) is 72.1 Å². The van der Waals surface area contributed by atoms with Crippen molar-refractivity contribution in [2.75, 3.05) is 26.8 Å². The molecule has 2 heterocycles. The van der Waals surface area contributed by atoms with Crippen molar-refractivity contribution in [3.8, 4) is 17.2 Å². The highest BCUT2D eigenvalue weighted by Crippen LogP contribution is 2.25. The Hall–Kier alpha value is -2.63. The van der Waals surface area contributed by atoms with Gasteiger partial charge in [-0.05, 0) is 29.8 Å². The third-order valence-corrected chi connectivity index (χ3v) is 4.60. The maximum atomic E-state index is 5.93. The number of morpholine rings is 1. The molecule has 1 saturated heterocycles. The molecule has 134 valence electrons. The van der Waals surface area contributed by atoms with Gasteiger partial charge >= 0.3 is 0 Å². The third kappa shape index (κ3) is 3.79. The maximum absolute atomic E-state index is 5.93. The molecule has 0 aliphatic carbocycles. The monoisotopic (exact) mass is 350 g/mol. The van der Waals surface area contributed by atoms with Gasteiger partial charge in [-0.3, -0.25) is 4.90 Å². The van der Waals surface area contributed by atoms with Crippen LogP contribution in [0.4, 0.5) is 0 Å². The fourth-order valence-corrected chi connectivity index (χ4v) is 3.19. The predicted octanol–water partition coefficient (Wildman–Crippen LogP) is 3.92.